The number of nitrogens with zero attached hydrogens (tertiary/aromatic N) is 1. The van der Waals surface area contributed by atoms with Crippen LogP contribution in [0.15, 0.2) is 82.3 Å². The molecule has 0 aliphatic rings. The summed E-state index contributed by atoms with van der Waals surface area (Å²) in [5, 5.41) is 5.41. The highest BCUT2D eigenvalue weighted by atomic mass is 79.9. The summed E-state index contributed by atoms with van der Waals surface area (Å²) in [5.74, 6) is 0.576. The Kier molecular flexibility index (Phi) is 10.6. The molecule has 0 bridgehead atoms. The third-order valence-corrected chi connectivity index (χ3v) is 4.31. The summed E-state index contributed by atoms with van der Waals surface area (Å²) in [6.45, 7) is 0. The number of nitrogens with two attached hydrogens (primary N) is 1. The van der Waals surface area contributed by atoms with Crippen molar-refractivity contribution in [1.82, 2.24) is 4.98 Å². The van der Waals surface area contributed by atoms with Gasteiger partial charge in [0.2, 0.25) is 6.41 Å². The Bertz CT molecular complexity index is 749. The highest BCUT2D eigenvalue weighted by molar-refractivity contribution is 9.10. The van der Waals surface area contributed by atoms with Crippen LogP contribution in [0.3, 0.4) is 0 Å². The molecule has 26 heavy (non-hydrogen) atoms. The number of halogens is 1. The number of amides is 1. The van der Waals surface area contributed by atoms with Crippen LogP contribution in [0.4, 0.5) is 17.2 Å². The topological polar surface area (TPSA) is 80.0 Å². The SMILES string of the molecule is CNc1ccc(N)cc1.O=CNc1ccccn1.Sc1ccccc1Br. The number of hydrogen-bond donors (Lipinski definition) is 4. The van der Waals surface area contributed by atoms with Crippen LogP contribution in [0.5, 0.6) is 0 Å². The lowest BCUT2D eigenvalue weighted by molar-refractivity contribution is -0.105. The number of nitrogens with one attached hydrogen (secondary N) is 2. The molecule has 1 heterocycles. The number of hydrogen-bond acceptors (Lipinski definition) is 5. The second kappa shape index (κ2) is 12.8. The third kappa shape index (κ3) is 9.10. The molecule has 2 aromatic carbocycles. The maximum Gasteiger partial charge on any atom is 0.212 e. The number of carbonyl (C=O) groups excluding carboxylic acids is 1. The summed E-state index contributed by atoms with van der Waals surface area (Å²) in [5.41, 5.74) is 7.34. The van der Waals surface area contributed by atoms with Crippen LogP contribution >= 0.6 is 28.6 Å². The van der Waals surface area contributed by atoms with Crippen molar-refractivity contribution in [2.75, 3.05) is 23.4 Å². The number of thiol groups is 1. The summed E-state index contributed by atoms with van der Waals surface area (Å²) < 4.78 is 1.04. The lowest BCUT2D eigenvalue weighted by Crippen LogP contribution is -1.94. The predicted molar refractivity (Wildman–Crippen MR) is 116 cm³/mol. The summed E-state index contributed by atoms with van der Waals surface area (Å²) in [7, 11) is 1.88. The van der Waals surface area contributed by atoms with Crippen LogP contribution in [0.25, 0.3) is 0 Å². The van der Waals surface area contributed by atoms with Crippen molar-refractivity contribution in [3.05, 3.63) is 77.4 Å². The average molecular weight is 433 g/mol. The van der Waals surface area contributed by atoms with Gasteiger partial charge >= 0.3 is 0 Å². The minimum absolute atomic E-state index is 0.576. The summed E-state index contributed by atoms with van der Waals surface area (Å²) in [6.07, 6.45) is 2.22. The Morgan fingerprint density at radius 1 is 1.04 bits per heavy atom. The van der Waals surface area contributed by atoms with Crippen LogP contribution in [-0.4, -0.2) is 18.4 Å². The second-order valence-corrected chi connectivity index (χ2v) is 6.14. The van der Waals surface area contributed by atoms with Crippen molar-refractivity contribution in [1.29, 1.82) is 0 Å². The molecule has 0 unspecified atom stereocenters. The van der Waals surface area contributed by atoms with Gasteiger partial charge in [-0.05, 0) is 64.5 Å². The fourth-order valence-corrected chi connectivity index (χ4v) is 2.06. The van der Waals surface area contributed by atoms with E-state index >= 15 is 0 Å². The molecule has 7 heteroatoms. The molecule has 1 aromatic heterocycles. The van der Waals surface area contributed by atoms with E-state index in [0.717, 1.165) is 20.7 Å². The summed E-state index contributed by atoms with van der Waals surface area (Å²) >= 11 is 7.47. The quantitative estimate of drug-likeness (QED) is 0.274. The molecule has 1 amide bonds. The minimum Gasteiger partial charge on any atom is -0.399 e. The van der Waals surface area contributed by atoms with Crippen LogP contribution in [-0.2, 0) is 4.79 Å². The standard InChI is InChI=1S/C7H10N2.C6H5BrS.C6H6N2O/c1-9-7-4-2-6(8)3-5-7;7-5-3-1-2-4-6(5)8;9-5-8-6-3-1-2-4-7-6/h2-5,9H,8H2,1H3;1-4,8H;1-5H,(H,7,8,9). The van der Waals surface area contributed by atoms with E-state index in [4.69, 9.17) is 5.73 Å². The van der Waals surface area contributed by atoms with E-state index in [-0.39, 0.29) is 0 Å². The molecule has 136 valence electrons. The maximum atomic E-state index is 9.82. The van der Waals surface area contributed by atoms with Gasteiger partial charge in [-0.25, -0.2) is 4.98 Å². The normalized spacial score (nSPS) is 8.88. The maximum absolute atomic E-state index is 9.82. The number of anilines is 3. The number of pyridine rings is 1. The number of rotatable bonds is 3. The average Bonchev–Trinajstić information content (AvgIpc) is 2.67. The molecule has 4 N–H and O–H groups in total. The zero-order valence-corrected chi connectivity index (χ0v) is 16.7. The highest BCUT2D eigenvalue weighted by Gasteiger charge is 1.87. The molecule has 0 aliphatic heterocycles. The van der Waals surface area contributed by atoms with E-state index in [9.17, 15) is 4.79 Å². The zero-order valence-electron chi connectivity index (χ0n) is 14.3. The minimum atomic E-state index is 0.576. The molecule has 0 aliphatic carbocycles. The highest BCUT2D eigenvalue weighted by Crippen LogP contribution is 2.18. The molecule has 5 nitrogen and oxygen atoms in total. The smallest absolute Gasteiger partial charge is 0.212 e. The molecule has 0 fully saturated rings. The fourth-order valence-electron chi connectivity index (χ4n) is 1.61. The second-order valence-electron chi connectivity index (χ2n) is 4.80. The van der Waals surface area contributed by atoms with Crippen molar-refractivity contribution >= 4 is 52.2 Å². The number of benzene rings is 2. The van der Waals surface area contributed by atoms with Crippen LogP contribution in [0.1, 0.15) is 0 Å². The molecule has 0 spiro atoms. The molecular weight excluding hydrogens is 412 g/mol. The van der Waals surface area contributed by atoms with E-state index in [1.807, 2.05) is 55.6 Å². The first kappa shape index (κ1) is 21.5. The molecule has 3 aromatic rings. The van der Waals surface area contributed by atoms with E-state index < -0.39 is 0 Å². The molecule has 0 radical (unpaired) electrons. The molecule has 0 saturated carbocycles. The summed E-state index contributed by atoms with van der Waals surface area (Å²) in [6, 6.07) is 20.7. The van der Waals surface area contributed by atoms with Crippen LogP contribution < -0.4 is 16.4 Å². The van der Waals surface area contributed by atoms with E-state index in [0.29, 0.717) is 12.2 Å². The van der Waals surface area contributed by atoms with Crippen molar-refractivity contribution < 1.29 is 4.79 Å². The van der Waals surface area contributed by atoms with Gasteiger partial charge in [0.15, 0.2) is 0 Å². The van der Waals surface area contributed by atoms with E-state index in [1.165, 1.54) is 0 Å². The zero-order chi connectivity index (χ0) is 19.2. The Morgan fingerprint density at radius 3 is 2.15 bits per heavy atom. The van der Waals surface area contributed by atoms with Gasteiger partial charge in [0.05, 0.1) is 0 Å². The van der Waals surface area contributed by atoms with Gasteiger partial charge in [0.25, 0.3) is 0 Å². The third-order valence-electron chi connectivity index (χ3n) is 2.92. The first-order valence-corrected chi connectivity index (χ1v) is 8.89. The van der Waals surface area contributed by atoms with Crippen molar-refractivity contribution in [3.63, 3.8) is 0 Å². The number of aromatic nitrogens is 1. The van der Waals surface area contributed by atoms with Crippen LogP contribution in [0.2, 0.25) is 0 Å². The number of nitrogen functional groups attached to an aromatic ring is 1. The van der Waals surface area contributed by atoms with Gasteiger partial charge in [0, 0.05) is 34.0 Å². The Balaban J connectivity index is 0.000000195. The Labute approximate surface area is 167 Å². The first-order chi connectivity index (χ1) is 12.6. The fraction of sp³-hybridized carbons (Fsp3) is 0.0526. The van der Waals surface area contributed by atoms with Gasteiger partial charge in [-0.3, -0.25) is 4.79 Å². The van der Waals surface area contributed by atoms with Gasteiger partial charge in [0.1, 0.15) is 5.82 Å². The monoisotopic (exact) mass is 432 g/mol. The molecule has 3 rings (SSSR count). The lowest BCUT2D eigenvalue weighted by atomic mass is 10.3. The van der Waals surface area contributed by atoms with E-state index in [2.05, 4.69) is 44.2 Å². The van der Waals surface area contributed by atoms with Crippen molar-refractivity contribution in [3.8, 4) is 0 Å². The Hall–Kier alpha value is -2.51. The molecule has 0 saturated heterocycles. The van der Waals surface area contributed by atoms with Crippen LogP contribution in [0, 0.1) is 0 Å². The van der Waals surface area contributed by atoms with Gasteiger partial charge in [-0.1, -0.05) is 18.2 Å². The number of carbonyl (C=O) groups is 1. The predicted octanol–water partition coefficient (Wildman–Crippen LogP) is 4.70. The van der Waals surface area contributed by atoms with Gasteiger partial charge < -0.3 is 16.4 Å². The van der Waals surface area contributed by atoms with Gasteiger partial charge in [-0.15, -0.1) is 12.6 Å². The molecule has 0 atom stereocenters. The molecular formula is C19H21BrN4OS. The van der Waals surface area contributed by atoms with Gasteiger partial charge in [-0.2, -0.15) is 0 Å². The van der Waals surface area contributed by atoms with Crippen molar-refractivity contribution in [2.45, 2.75) is 4.90 Å². The van der Waals surface area contributed by atoms with E-state index in [1.54, 1.807) is 24.4 Å². The first-order valence-electron chi connectivity index (χ1n) is 7.64. The largest absolute Gasteiger partial charge is 0.399 e. The summed E-state index contributed by atoms with van der Waals surface area (Å²) in [4.78, 5) is 14.6. The lowest BCUT2D eigenvalue weighted by Gasteiger charge is -1.97. The van der Waals surface area contributed by atoms with Crippen molar-refractivity contribution in [2.24, 2.45) is 0 Å². The Morgan fingerprint density at radius 2 is 1.69 bits per heavy atom.